The predicted molar refractivity (Wildman–Crippen MR) is 90.6 cm³/mol. The van der Waals surface area contributed by atoms with Gasteiger partial charge in [-0.2, -0.15) is 5.10 Å². The number of nitrogens with zero attached hydrogens (tertiary/aromatic N) is 3. The van der Waals surface area contributed by atoms with Crippen LogP contribution < -0.4 is 10.9 Å². The molecule has 1 aromatic carbocycles. The first-order valence-electron chi connectivity index (χ1n) is 7.62. The van der Waals surface area contributed by atoms with Crippen LogP contribution in [0.1, 0.15) is 21.5 Å². The highest BCUT2D eigenvalue weighted by Gasteiger charge is 2.07. The fourth-order valence-electron chi connectivity index (χ4n) is 2.37. The Morgan fingerprint density at radius 1 is 1.12 bits per heavy atom. The first-order valence-corrected chi connectivity index (χ1v) is 7.62. The van der Waals surface area contributed by atoms with Gasteiger partial charge in [-0.1, -0.05) is 30.3 Å². The molecule has 6 nitrogen and oxygen atoms in total. The Bertz CT molecular complexity index is 894. The maximum absolute atomic E-state index is 12.0. The van der Waals surface area contributed by atoms with Crippen LogP contribution in [0.5, 0.6) is 0 Å². The summed E-state index contributed by atoms with van der Waals surface area (Å²) in [4.78, 5) is 23.7. The summed E-state index contributed by atoms with van der Waals surface area (Å²) in [7, 11) is 1.77. The normalized spacial score (nSPS) is 10.5. The largest absolute Gasteiger partial charge is 0.348 e. The van der Waals surface area contributed by atoms with E-state index in [9.17, 15) is 9.59 Å². The van der Waals surface area contributed by atoms with Gasteiger partial charge < -0.3 is 9.88 Å². The molecule has 0 saturated carbocycles. The molecule has 2 aromatic heterocycles. The Kier molecular flexibility index (Phi) is 4.56. The first-order chi connectivity index (χ1) is 11.6. The van der Waals surface area contributed by atoms with Gasteiger partial charge in [-0.25, -0.2) is 0 Å². The minimum atomic E-state index is -0.150. The SMILES string of the molecule is Cn1cc(C(=O)NCc2ccc(Cn3ccccc3=O)cc2)cn1. The molecular weight excluding hydrogens is 304 g/mol. The van der Waals surface area contributed by atoms with E-state index in [4.69, 9.17) is 0 Å². The van der Waals surface area contributed by atoms with Crippen molar-refractivity contribution >= 4 is 5.91 Å². The topological polar surface area (TPSA) is 68.9 Å². The lowest BCUT2D eigenvalue weighted by molar-refractivity contribution is 0.0951. The van der Waals surface area contributed by atoms with Crippen LogP contribution in [0.15, 0.2) is 65.8 Å². The zero-order valence-electron chi connectivity index (χ0n) is 13.3. The van der Waals surface area contributed by atoms with Crippen LogP contribution in [-0.4, -0.2) is 20.3 Å². The van der Waals surface area contributed by atoms with Gasteiger partial charge in [0.25, 0.3) is 11.5 Å². The van der Waals surface area contributed by atoms with Crippen LogP contribution in [0, 0.1) is 0 Å². The number of carbonyl (C=O) groups excluding carboxylic acids is 1. The number of carbonyl (C=O) groups is 1. The van der Waals surface area contributed by atoms with E-state index in [0.29, 0.717) is 18.7 Å². The molecule has 1 amide bonds. The van der Waals surface area contributed by atoms with E-state index in [1.165, 1.54) is 6.20 Å². The van der Waals surface area contributed by atoms with E-state index < -0.39 is 0 Å². The highest BCUT2D eigenvalue weighted by Crippen LogP contribution is 2.06. The molecule has 0 spiro atoms. The minimum absolute atomic E-state index is 0.0229. The van der Waals surface area contributed by atoms with Gasteiger partial charge in [0.1, 0.15) is 0 Å². The maximum Gasteiger partial charge on any atom is 0.254 e. The zero-order valence-corrected chi connectivity index (χ0v) is 13.3. The third-order valence-corrected chi connectivity index (χ3v) is 3.70. The van der Waals surface area contributed by atoms with Crippen LogP contribution >= 0.6 is 0 Å². The van der Waals surface area contributed by atoms with Crippen molar-refractivity contribution in [2.24, 2.45) is 7.05 Å². The van der Waals surface area contributed by atoms with E-state index >= 15 is 0 Å². The predicted octanol–water partition coefficient (Wildman–Crippen LogP) is 1.56. The van der Waals surface area contributed by atoms with Crippen molar-refractivity contribution in [1.29, 1.82) is 0 Å². The number of hydrogen-bond donors (Lipinski definition) is 1. The molecule has 0 radical (unpaired) electrons. The second-order valence-electron chi connectivity index (χ2n) is 5.57. The average molecular weight is 322 g/mol. The zero-order chi connectivity index (χ0) is 16.9. The van der Waals surface area contributed by atoms with Gasteiger partial charge in [-0.3, -0.25) is 14.3 Å². The molecule has 0 aliphatic carbocycles. The number of aromatic nitrogens is 3. The number of rotatable bonds is 5. The molecular formula is C18H18N4O2. The van der Waals surface area contributed by atoms with Gasteiger partial charge in [-0.05, 0) is 17.2 Å². The molecule has 0 aliphatic rings. The molecule has 24 heavy (non-hydrogen) atoms. The van der Waals surface area contributed by atoms with Crippen LogP contribution in [0.4, 0.5) is 0 Å². The number of benzene rings is 1. The molecule has 0 aliphatic heterocycles. The van der Waals surface area contributed by atoms with Gasteiger partial charge in [0.2, 0.25) is 0 Å². The summed E-state index contributed by atoms with van der Waals surface area (Å²) in [6.45, 7) is 0.974. The second kappa shape index (κ2) is 6.95. The Balaban J connectivity index is 1.59. The van der Waals surface area contributed by atoms with Gasteiger partial charge >= 0.3 is 0 Å². The molecule has 0 atom stereocenters. The van der Waals surface area contributed by atoms with Crippen LogP contribution in [0.3, 0.4) is 0 Å². The van der Waals surface area contributed by atoms with E-state index in [-0.39, 0.29) is 11.5 Å². The van der Waals surface area contributed by atoms with Crippen molar-refractivity contribution < 1.29 is 4.79 Å². The van der Waals surface area contributed by atoms with Gasteiger partial charge in [0, 0.05) is 32.1 Å². The van der Waals surface area contributed by atoms with Crippen molar-refractivity contribution in [2.75, 3.05) is 0 Å². The smallest absolute Gasteiger partial charge is 0.254 e. The molecule has 3 rings (SSSR count). The first kappa shape index (κ1) is 15.7. The molecule has 6 heteroatoms. The maximum atomic E-state index is 12.0. The van der Waals surface area contributed by atoms with Crippen molar-refractivity contribution in [3.8, 4) is 0 Å². The monoisotopic (exact) mass is 322 g/mol. The summed E-state index contributed by atoms with van der Waals surface area (Å²) >= 11 is 0. The molecule has 0 fully saturated rings. The van der Waals surface area contributed by atoms with Gasteiger partial charge in [0.15, 0.2) is 0 Å². The Morgan fingerprint density at radius 3 is 2.54 bits per heavy atom. The molecule has 2 heterocycles. The number of amides is 1. The van der Waals surface area contributed by atoms with Crippen molar-refractivity contribution in [3.05, 3.63) is 88.1 Å². The minimum Gasteiger partial charge on any atom is -0.348 e. The average Bonchev–Trinajstić information content (AvgIpc) is 3.03. The third kappa shape index (κ3) is 3.78. The van der Waals surface area contributed by atoms with E-state index in [1.807, 2.05) is 30.3 Å². The highest BCUT2D eigenvalue weighted by molar-refractivity contribution is 5.93. The fourth-order valence-corrected chi connectivity index (χ4v) is 2.37. The van der Waals surface area contributed by atoms with Crippen LogP contribution in [-0.2, 0) is 20.1 Å². The Hall–Kier alpha value is -3.15. The van der Waals surface area contributed by atoms with Crippen molar-refractivity contribution in [3.63, 3.8) is 0 Å². The van der Waals surface area contributed by atoms with Crippen molar-refractivity contribution in [2.45, 2.75) is 13.1 Å². The van der Waals surface area contributed by atoms with E-state index in [1.54, 1.807) is 40.8 Å². The number of hydrogen-bond acceptors (Lipinski definition) is 3. The summed E-state index contributed by atoms with van der Waals surface area (Å²) in [6, 6.07) is 12.9. The summed E-state index contributed by atoms with van der Waals surface area (Å²) in [5.74, 6) is -0.150. The lowest BCUT2D eigenvalue weighted by Crippen LogP contribution is -2.22. The fraction of sp³-hybridized carbons (Fsp3) is 0.167. The molecule has 122 valence electrons. The quantitative estimate of drug-likeness (QED) is 0.775. The molecule has 0 saturated heterocycles. The van der Waals surface area contributed by atoms with Gasteiger partial charge in [0.05, 0.1) is 18.3 Å². The summed E-state index contributed by atoms with van der Waals surface area (Å²) in [6.07, 6.45) is 4.98. The Labute approximate surface area is 139 Å². The number of aryl methyl sites for hydroxylation is 1. The number of nitrogens with one attached hydrogen (secondary N) is 1. The van der Waals surface area contributed by atoms with E-state index in [2.05, 4.69) is 10.4 Å². The van der Waals surface area contributed by atoms with E-state index in [0.717, 1.165) is 11.1 Å². The summed E-state index contributed by atoms with van der Waals surface area (Å²) < 4.78 is 3.24. The molecule has 3 aromatic rings. The second-order valence-corrected chi connectivity index (χ2v) is 5.57. The molecule has 0 unspecified atom stereocenters. The lowest BCUT2D eigenvalue weighted by atomic mass is 10.1. The molecule has 1 N–H and O–H groups in total. The lowest BCUT2D eigenvalue weighted by Gasteiger charge is -2.07. The standard InChI is InChI=1S/C18H18N4O2/c1-21-13-16(11-20-21)18(24)19-10-14-5-7-15(8-6-14)12-22-9-3-2-4-17(22)23/h2-9,11,13H,10,12H2,1H3,(H,19,24). The van der Waals surface area contributed by atoms with Crippen molar-refractivity contribution in [1.82, 2.24) is 19.7 Å². The van der Waals surface area contributed by atoms with Crippen LogP contribution in [0.2, 0.25) is 0 Å². The summed E-state index contributed by atoms with van der Waals surface area (Å²) in [5, 5.41) is 6.84. The van der Waals surface area contributed by atoms with Crippen LogP contribution in [0.25, 0.3) is 0 Å². The van der Waals surface area contributed by atoms with Gasteiger partial charge in [-0.15, -0.1) is 0 Å². The highest BCUT2D eigenvalue weighted by atomic mass is 16.1. The summed E-state index contributed by atoms with van der Waals surface area (Å²) in [5.41, 5.74) is 2.55. The molecule has 0 bridgehead atoms. The third-order valence-electron chi connectivity index (χ3n) is 3.70. The Morgan fingerprint density at radius 2 is 1.88 bits per heavy atom. The number of pyridine rings is 1.